The summed E-state index contributed by atoms with van der Waals surface area (Å²) >= 11 is 16.8. The molecule has 3 unspecified atom stereocenters. The van der Waals surface area contributed by atoms with Gasteiger partial charge in [-0.15, -0.1) is 0 Å². The number of amides is 1. The maximum atomic E-state index is 13.8. The van der Waals surface area contributed by atoms with Crippen LogP contribution >= 0.6 is 39.1 Å². The van der Waals surface area contributed by atoms with Gasteiger partial charge in [-0.3, -0.25) is 19.6 Å². The number of amidine groups is 1. The number of anilines is 3. The Morgan fingerprint density at radius 1 is 1.07 bits per heavy atom. The summed E-state index contributed by atoms with van der Waals surface area (Å²) < 4.78 is 0.991. The number of nitrogens with zero attached hydrogens (tertiary/aromatic N) is 7. The molecule has 208 valence electrons. The second-order valence-electron chi connectivity index (χ2n) is 10.4. The number of guanidine groups is 2. The maximum absolute atomic E-state index is 13.8. The van der Waals surface area contributed by atoms with Crippen molar-refractivity contribution in [1.29, 1.82) is 0 Å². The number of piperazine rings is 1. The van der Waals surface area contributed by atoms with Crippen molar-refractivity contribution in [3.05, 3.63) is 63.2 Å². The Morgan fingerprint density at radius 3 is 2.50 bits per heavy atom. The second kappa shape index (κ2) is 10.8. The Hall–Kier alpha value is -2.92. The third-order valence-corrected chi connectivity index (χ3v) is 9.07. The van der Waals surface area contributed by atoms with Crippen molar-refractivity contribution in [2.45, 2.75) is 25.9 Å². The molecular weight excluding hydrogens is 615 g/mol. The highest BCUT2D eigenvalue weighted by Gasteiger charge is 2.45. The zero-order valence-electron chi connectivity index (χ0n) is 22.4. The van der Waals surface area contributed by atoms with Crippen LogP contribution in [0.4, 0.5) is 17.1 Å². The Labute approximate surface area is 252 Å². The topological polar surface area (TPSA) is 79.1 Å². The summed E-state index contributed by atoms with van der Waals surface area (Å²) in [5.41, 5.74) is 2.41. The fourth-order valence-electron chi connectivity index (χ4n) is 5.54. The van der Waals surface area contributed by atoms with Crippen molar-refractivity contribution < 1.29 is 4.79 Å². The van der Waals surface area contributed by atoms with Gasteiger partial charge >= 0.3 is 0 Å². The molecule has 4 aliphatic heterocycles. The Bertz CT molecular complexity index is 1460. The second-order valence-corrected chi connectivity index (χ2v) is 12.0. The standard InChI is InChI=1S/C28H29BrCl2N8O/c1-16-14-37(15-17(2)36(16)3)23-8-7-18(13-20(23)29)34-27-32-10-9-19-25(35-27)38-12-11-33-28(38)39(26(19)40)24-21(30)5-4-6-22(24)31/h4-10,13,16-17,19H,11-12,14-15H2,1-3H3,(H,32,34). The number of hydrogen-bond donors (Lipinski definition) is 1. The van der Waals surface area contributed by atoms with Gasteiger partial charge in [0.25, 0.3) is 0 Å². The Balaban J connectivity index is 1.26. The number of hydrogen-bond acceptors (Lipinski definition) is 8. The van der Waals surface area contributed by atoms with Crippen LogP contribution in [-0.4, -0.2) is 78.8 Å². The number of fused-ring (bicyclic) bond motifs is 3. The molecule has 0 bridgehead atoms. The predicted octanol–water partition coefficient (Wildman–Crippen LogP) is 5.31. The lowest BCUT2D eigenvalue weighted by Crippen LogP contribution is -2.59. The molecule has 6 rings (SSSR count). The third kappa shape index (κ3) is 4.81. The van der Waals surface area contributed by atoms with Gasteiger partial charge in [0.05, 0.1) is 28.0 Å². The molecule has 4 heterocycles. The van der Waals surface area contributed by atoms with E-state index in [1.807, 2.05) is 17.0 Å². The molecular formula is C28H29BrCl2N8O. The highest BCUT2D eigenvalue weighted by atomic mass is 79.9. The lowest BCUT2D eigenvalue weighted by Gasteiger charge is -2.43. The number of likely N-dealkylation sites (N-methyl/N-ethyl adjacent to an activating group) is 1. The highest BCUT2D eigenvalue weighted by molar-refractivity contribution is 9.10. The van der Waals surface area contributed by atoms with E-state index >= 15 is 0 Å². The van der Waals surface area contributed by atoms with Crippen LogP contribution < -0.4 is 15.1 Å². The zero-order chi connectivity index (χ0) is 28.1. The number of nitrogens with one attached hydrogen (secondary N) is 1. The largest absolute Gasteiger partial charge is 0.368 e. The first-order valence-corrected chi connectivity index (χ1v) is 14.7. The van der Waals surface area contributed by atoms with E-state index in [9.17, 15) is 4.79 Å². The van der Waals surface area contributed by atoms with Crippen molar-refractivity contribution in [1.82, 2.24) is 9.80 Å². The fourth-order valence-corrected chi connectivity index (χ4v) is 6.74. The number of carbonyl (C=O) groups excluding carboxylic acids is 1. The molecule has 2 fully saturated rings. The van der Waals surface area contributed by atoms with E-state index in [1.54, 1.807) is 30.5 Å². The van der Waals surface area contributed by atoms with Crippen LogP contribution in [0.2, 0.25) is 10.0 Å². The normalized spacial score (nSPS) is 24.8. The molecule has 12 heteroatoms. The SMILES string of the molecule is CC1CN(c2ccc(NC3=NC=CC4C(=O)N(c5c(Cl)cccc5Cl)C5=NCCN5C4=N3)cc2Br)CC(C)N1C. The van der Waals surface area contributed by atoms with E-state index in [-0.39, 0.29) is 5.91 Å². The zero-order valence-corrected chi connectivity index (χ0v) is 25.4. The van der Waals surface area contributed by atoms with Gasteiger partial charge in [-0.1, -0.05) is 29.3 Å². The summed E-state index contributed by atoms with van der Waals surface area (Å²) in [6.07, 6.45) is 3.36. The summed E-state index contributed by atoms with van der Waals surface area (Å²) in [7, 11) is 2.18. The lowest BCUT2D eigenvalue weighted by atomic mass is 10.0. The van der Waals surface area contributed by atoms with E-state index in [0.29, 0.717) is 58.7 Å². The average Bonchev–Trinajstić information content (AvgIpc) is 3.30. The molecule has 0 spiro atoms. The molecule has 0 radical (unpaired) electrons. The maximum Gasteiger partial charge on any atom is 0.248 e. The molecule has 0 aliphatic carbocycles. The van der Waals surface area contributed by atoms with Crippen molar-refractivity contribution >= 4 is 79.9 Å². The number of para-hydroxylation sites is 1. The average molecular weight is 644 g/mol. The summed E-state index contributed by atoms with van der Waals surface area (Å²) in [5.74, 6) is 0.520. The minimum atomic E-state index is -0.664. The third-order valence-electron chi connectivity index (χ3n) is 7.82. The van der Waals surface area contributed by atoms with Crippen LogP contribution in [0.1, 0.15) is 13.8 Å². The van der Waals surface area contributed by atoms with Crippen LogP contribution in [0.15, 0.2) is 68.1 Å². The molecule has 2 aromatic carbocycles. The summed E-state index contributed by atoms with van der Waals surface area (Å²) in [6.45, 7) is 7.54. The molecule has 1 amide bonds. The van der Waals surface area contributed by atoms with Gasteiger partial charge in [0.15, 0.2) is 0 Å². The first kappa shape index (κ1) is 27.3. The van der Waals surface area contributed by atoms with Crippen molar-refractivity contribution in [2.24, 2.45) is 20.9 Å². The molecule has 1 N–H and O–H groups in total. The van der Waals surface area contributed by atoms with Gasteiger partial charge in [-0.05, 0) is 73.2 Å². The van der Waals surface area contributed by atoms with E-state index in [4.69, 9.17) is 28.2 Å². The van der Waals surface area contributed by atoms with Crippen LogP contribution in [-0.2, 0) is 4.79 Å². The van der Waals surface area contributed by atoms with E-state index < -0.39 is 5.92 Å². The summed E-state index contributed by atoms with van der Waals surface area (Å²) in [5, 5.41) is 4.08. The van der Waals surface area contributed by atoms with E-state index in [2.05, 4.69) is 68.0 Å². The van der Waals surface area contributed by atoms with Crippen LogP contribution in [0, 0.1) is 5.92 Å². The molecule has 9 nitrogen and oxygen atoms in total. The Kier molecular flexibility index (Phi) is 7.37. The number of carbonyl (C=O) groups is 1. The number of benzene rings is 2. The van der Waals surface area contributed by atoms with Gasteiger partial charge in [0.2, 0.25) is 17.8 Å². The van der Waals surface area contributed by atoms with Gasteiger partial charge in [-0.2, -0.15) is 4.99 Å². The molecule has 2 aromatic rings. The first-order chi connectivity index (χ1) is 19.2. The molecule has 0 saturated carbocycles. The lowest BCUT2D eigenvalue weighted by molar-refractivity contribution is -0.119. The number of aliphatic imine (C=N–C) groups is 3. The minimum absolute atomic E-state index is 0.235. The molecule has 3 atom stereocenters. The van der Waals surface area contributed by atoms with E-state index in [1.165, 1.54) is 4.90 Å². The van der Waals surface area contributed by atoms with Gasteiger partial charge in [-0.25, -0.2) is 9.89 Å². The van der Waals surface area contributed by atoms with Gasteiger partial charge in [0.1, 0.15) is 11.8 Å². The first-order valence-electron chi connectivity index (χ1n) is 13.2. The molecule has 40 heavy (non-hydrogen) atoms. The van der Waals surface area contributed by atoms with E-state index in [0.717, 1.165) is 28.9 Å². The Morgan fingerprint density at radius 2 is 1.80 bits per heavy atom. The van der Waals surface area contributed by atoms with Crippen LogP contribution in [0.5, 0.6) is 0 Å². The summed E-state index contributed by atoms with van der Waals surface area (Å²) in [6, 6.07) is 12.3. The monoisotopic (exact) mass is 642 g/mol. The van der Waals surface area contributed by atoms with Gasteiger partial charge in [0, 0.05) is 48.1 Å². The number of rotatable bonds is 3. The number of halogens is 3. The summed E-state index contributed by atoms with van der Waals surface area (Å²) in [4.78, 5) is 36.0. The highest BCUT2D eigenvalue weighted by Crippen LogP contribution is 2.38. The molecule has 2 saturated heterocycles. The van der Waals surface area contributed by atoms with Crippen molar-refractivity contribution in [3.8, 4) is 0 Å². The van der Waals surface area contributed by atoms with Crippen LogP contribution in [0.3, 0.4) is 0 Å². The van der Waals surface area contributed by atoms with Crippen LogP contribution in [0.25, 0.3) is 0 Å². The van der Waals surface area contributed by atoms with Gasteiger partial charge < -0.3 is 10.2 Å². The smallest absolute Gasteiger partial charge is 0.248 e. The van der Waals surface area contributed by atoms with Crippen molar-refractivity contribution in [2.75, 3.05) is 48.3 Å². The molecule has 4 aliphatic rings. The predicted molar refractivity (Wildman–Crippen MR) is 167 cm³/mol. The fraction of sp³-hybridized carbons (Fsp3) is 0.357. The molecule has 0 aromatic heterocycles. The quantitative estimate of drug-likeness (QED) is 0.490. The minimum Gasteiger partial charge on any atom is -0.368 e. The van der Waals surface area contributed by atoms with Crippen molar-refractivity contribution in [3.63, 3.8) is 0 Å².